The van der Waals surface area contributed by atoms with Crippen LogP contribution in [0.15, 0.2) is 10.5 Å². The molecule has 0 aliphatic carbocycles. The van der Waals surface area contributed by atoms with Crippen LogP contribution < -0.4 is 5.32 Å². The first-order valence-electron chi connectivity index (χ1n) is 5.05. The molecule has 0 spiro atoms. The first-order valence-corrected chi connectivity index (χ1v) is 5.05. The van der Waals surface area contributed by atoms with E-state index in [0.717, 1.165) is 31.0 Å². The highest BCUT2D eigenvalue weighted by atomic mass is 16.5. The van der Waals surface area contributed by atoms with Crippen molar-refractivity contribution in [1.82, 2.24) is 5.32 Å². The van der Waals surface area contributed by atoms with Gasteiger partial charge in [-0.2, -0.15) is 0 Å². The van der Waals surface area contributed by atoms with Crippen LogP contribution in [0.2, 0.25) is 0 Å². The summed E-state index contributed by atoms with van der Waals surface area (Å²) in [6.07, 6.45) is 1.14. The Morgan fingerprint density at radius 1 is 1.50 bits per heavy atom. The Balaban J connectivity index is 2.49. The summed E-state index contributed by atoms with van der Waals surface area (Å²) in [5.41, 5.74) is 1.20. The van der Waals surface area contributed by atoms with Crippen molar-refractivity contribution >= 4 is 0 Å². The van der Waals surface area contributed by atoms with Crippen molar-refractivity contribution < 1.29 is 9.15 Å². The molecule has 14 heavy (non-hydrogen) atoms. The van der Waals surface area contributed by atoms with Gasteiger partial charge in [0.15, 0.2) is 0 Å². The van der Waals surface area contributed by atoms with Crippen LogP contribution in [0.3, 0.4) is 0 Å². The molecule has 1 aromatic heterocycles. The summed E-state index contributed by atoms with van der Waals surface area (Å²) in [5, 5.41) is 3.31. The average molecular weight is 197 g/mol. The van der Waals surface area contributed by atoms with Crippen LogP contribution in [0, 0.1) is 6.92 Å². The van der Waals surface area contributed by atoms with Crippen molar-refractivity contribution in [2.75, 3.05) is 13.7 Å². The van der Waals surface area contributed by atoms with Crippen molar-refractivity contribution in [3.05, 3.63) is 23.2 Å². The predicted octanol–water partition coefficient (Wildman–Crippen LogP) is 2.23. The Morgan fingerprint density at radius 2 is 2.29 bits per heavy atom. The van der Waals surface area contributed by atoms with E-state index in [9.17, 15) is 0 Å². The molecule has 0 amide bonds. The molecule has 80 valence electrons. The smallest absolute Gasteiger partial charge is 0.130 e. The summed E-state index contributed by atoms with van der Waals surface area (Å²) >= 11 is 0. The second-order valence-corrected chi connectivity index (χ2v) is 3.43. The normalized spacial score (nSPS) is 10.8. The fraction of sp³-hybridized carbons (Fsp3) is 0.636. The number of aryl methyl sites for hydroxylation is 1. The molecular weight excluding hydrogens is 178 g/mol. The van der Waals surface area contributed by atoms with E-state index in [1.54, 1.807) is 7.11 Å². The Hall–Kier alpha value is -0.800. The third-order valence-corrected chi connectivity index (χ3v) is 2.07. The zero-order chi connectivity index (χ0) is 10.4. The van der Waals surface area contributed by atoms with E-state index in [4.69, 9.17) is 9.15 Å². The third-order valence-electron chi connectivity index (χ3n) is 2.07. The molecular formula is C11H19NO2. The molecule has 1 heterocycles. The van der Waals surface area contributed by atoms with Gasteiger partial charge in [0.2, 0.25) is 0 Å². The van der Waals surface area contributed by atoms with E-state index in [2.05, 4.69) is 19.2 Å². The summed E-state index contributed by atoms with van der Waals surface area (Å²) in [7, 11) is 1.67. The van der Waals surface area contributed by atoms with Crippen molar-refractivity contribution in [3.8, 4) is 0 Å². The number of ether oxygens (including phenoxy) is 1. The lowest BCUT2D eigenvalue weighted by molar-refractivity contribution is 0.162. The number of nitrogens with one attached hydrogen (secondary N) is 1. The number of hydrogen-bond acceptors (Lipinski definition) is 3. The first kappa shape index (κ1) is 11.3. The molecule has 0 aromatic carbocycles. The molecule has 0 saturated heterocycles. The van der Waals surface area contributed by atoms with E-state index >= 15 is 0 Å². The van der Waals surface area contributed by atoms with Gasteiger partial charge in [-0.1, -0.05) is 6.92 Å². The monoisotopic (exact) mass is 197 g/mol. The molecule has 0 radical (unpaired) electrons. The van der Waals surface area contributed by atoms with Crippen LogP contribution in [0.5, 0.6) is 0 Å². The maximum absolute atomic E-state index is 5.61. The summed E-state index contributed by atoms with van der Waals surface area (Å²) in [6, 6.07) is 2.03. The van der Waals surface area contributed by atoms with E-state index < -0.39 is 0 Å². The predicted molar refractivity (Wildman–Crippen MR) is 56.2 cm³/mol. The van der Waals surface area contributed by atoms with Crippen LogP contribution >= 0.6 is 0 Å². The molecule has 1 aromatic rings. The van der Waals surface area contributed by atoms with Crippen molar-refractivity contribution in [1.29, 1.82) is 0 Å². The highest BCUT2D eigenvalue weighted by Crippen LogP contribution is 2.14. The van der Waals surface area contributed by atoms with Gasteiger partial charge in [0.1, 0.15) is 18.1 Å². The summed E-state index contributed by atoms with van der Waals surface area (Å²) in [6.45, 7) is 6.60. The molecule has 0 bridgehead atoms. The lowest BCUT2D eigenvalue weighted by Crippen LogP contribution is -2.13. The highest BCUT2D eigenvalue weighted by molar-refractivity contribution is 5.19. The Kier molecular flexibility index (Phi) is 4.70. The van der Waals surface area contributed by atoms with Crippen LogP contribution in [0.4, 0.5) is 0 Å². The van der Waals surface area contributed by atoms with Gasteiger partial charge < -0.3 is 14.5 Å². The number of furan rings is 1. The zero-order valence-corrected chi connectivity index (χ0v) is 9.22. The van der Waals surface area contributed by atoms with E-state index in [1.165, 1.54) is 5.56 Å². The van der Waals surface area contributed by atoms with Gasteiger partial charge in [-0.25, -0.2) is 0 Å². The highest BCUT2D eigenvalue weighted by Gasteiger charge is 2.06. The van der Waals surface area contributed by atoms with E-state index in [1.807, 2.05) is 6.07 Å². The minimum absolute atomic E-state index is 0.550. The maximum Gasteiger partial charge on any atom is 0.130 e. The largest absolute Gasteiger partial charge is 0.462 e. The van der Waals surface area contributed by atoms with Gasteiger partial charge >= 0.3 is 0 Å². The third kappa shape index (κ3) is 3.16. The second kappa shape index (κ2) is 5.83. The molecule has 1 N–H and O–H groups in total. The molecule has 0 aliphatic heterocycles. The van der Waals surface area contributed by atoms with Gasteiger partial charge in [0.25, 0.3) is 0 Å². The standard InChI is InChI=1S/C11H19NO2/c1-4-5-12-7-11-9(2)6-10(14-11)8-13-3/h6,12H,4-5,7-8H2,1-3H3. The molecule has 1 rings (SSSR count). The van der Waals surface area contributed by atoms with Crippen LogP contribution in [-0.2, 0) is 17.9 Å². The van der Waals surface area contributed by atoms with Crippen LogP contribution in [0.1, 0.15) is 30.4 Å². The molecule has 0 fully saturated rings. The summed E-state index contributed by atoms with van der Waals surface area (Å²) in [5.74, 6) is 1.92. The lowest BCUT2D eigenvalue weighted by atomic mass is 10.2. The molecule has 0 unspecified atom stereocenters. The molecule has 0 saturated carbocycles. The minimum Gasteiger partial charge on any atom is -0.462 e. The molecule has 3 heteroatoms. The minimum atomic E-state index is 0.550. The summed E-state index contributed by atoms with van der Waals surface area (Å²) in [4.78, 5) is 0. The second-order valence-electron chi connectivity index (χ2n) is 3.43. The van der Waals surface area contributed by atoms with Gasteiger partial charge in [-0.3, -0.25) is 0 Å². The van der Waals surface area contributed by atoms with Crippen LogP contribution in [-0.4, -0.2) is 13.7 Å². The van der Waals surface area contributed by atoms with Gasteiger partial charge in [0, 0.05) is 7.11 Å². The van der Waals surface area contributed by atoms with Crippen molar-refractivity contribution in [2.45, 2.75) is 33.4 Å². The van der Waals surface area contributed by atoms with Gasteiger partial charge in [-0.05, 0) is 31.5 Å². The quantitative estimate of drug-likeness (QED) is 0.710. The van der Waals surface area contributed by atoms with Crippen LogP contribution in [0.25, 0.3) is 0 Å². The lowest BCUT2D eigenvalue weighted by Gasteiger charge is -2.00. The topological polar surface area (TPSA) is 34.4 Å². The van der Waals surface area contributed by atoms with Gasteiger partial charge in [0.05, 0.1) is 6.54 Å². The number of hydrogen-bond donors (Lipinski definition) is 1. The number of rotatable bonds is 6. The van der Waals surface area contributed by atoms with Crippen molar-refractivity contribution in [2.24, 2.45) is 0 Å². The van der Waals surface area contributed by atoms with E-state index in [-0.39, 0.29) is 0 Å². The van der Waals surface area contributed by atoms with E-state index in [0.29, 0.717) is 6.61 Å². The SMILES string of the molecule is CCCNCc1oc(COC)cc1C. The average Bonchev–Trinajstić information content (AvgIpc) is 2.48. The Labute approximate surface area is 85.4 Å². The first-order chi connectivity index (χ1) is 6.77. The number of methoxy groups -OCH3 is 1. The summed E-state index contributed by atoms with van der Waals surface area (Å²) < 4.78 is 10.6. The molecule has 0 atom stereocenters. The fourth-order valence-corrected chi connectivity index (χ4v) is 1.36. The molecule has 3 nitrogen and oxygen atoms in total. The Bertz CT molecular complexity index is 268. The Morgan fingerprint density at radius 3 is 2.93 bits per heavy atom. The zero-order valence-electron chi connectivity index (χ0n) is 9.22. The maximum atomic E-state index is 5.61. The van der Waals surface area contributed by atoms with Gasteiger partial charge in [-0.15, -0.1) is 0 Å². The van der Waals surface area contributed by atoms with Crippen molar-refractivity contribution in [3.63, 3.8) is 0 Å². The fourth-order valence-electron chi connectivity index (χ4n) is 1.36. The molecule has 0 aliphatic rings.